The van der Waals surface area contributed by atoms with Crippen molar-refractivity contribution in [2.45, 2.75) is 12.5 Å². The van der Waals surface area contributed by atoms with Gasteiger partial charge in [-0.1, -0.05) is 28.7 Å². The number of halogens is 1. The number of aromatic nitrogens is 1. The number of nitrogens with zero attached hydrogens (tertiary/aromatic N) is 4. The van der Waals surface area contributed by atoms with Crippen molar-refractivity contribution in [3.8, 4) is 0 Å². The third-order valence-electron chi connectivity index (χ3n) is 5.98. The van der Waals surface area contributed by atoms with Gasteiger partial charge in [0.2, 0.25) is 11.9 Å². The van der Waals surface area contributed by atoms with Gasteiger partial charge in [0.25, 0.3) is 5.91 Å². The Hall–Kier alpha value is -3.43. The van der Waals surface area contributed by atoms with E-state index in [0.717, 1.165) is 16.3 Å². The highest BCUT2D eigenvalue weighted by Crippen LogP contribution is 2.29. The first-order valence-corrected chi connectivity index (χ1v) is 12.8. The van der Waals surface area contributed by atoms with Gasteiger partial charge in [-0.25, -0.2) is 9.98 Å². The molecule has 2 amide bonds. The Labute approximate surface area is 217 Å². The largest absolute Gasteiger partial charge is 0.378 e. The predicted molar refractivity (Wildman–Crippen MR) is 141 cm³/mol. The summed E-state index contributed by atoms with van der Waals surface area (Å²) in [5, 5.41) is 7.39. The van der Waals surface area contributed by atoms with Crippen molar-refractivity contribution in [2.75, 3.05) is 45.2 Å². The zero-order chi connectivity index (χ0) is 25.1. The van der Waals surface area contributed by atoms with Crippen LogP contribution in [-0.2, 0) is 14.3 Å². The fourth-order valence-electron chi connectivity index (χ4n) is 4.02. The summed E-state index contributed by atoms with van der Waals surface area (Å²) in [6.45, 7) is 2.59. The number of rotatable bonds is 5. The Kier molecular flexibility index (Phi) is 7.20. The molecule has 0 aromatic carbocycles. The van der Waals surface area contributed by atoms with Crippen LogP contribution in [0.4, 0.5) is 5.13 Å². The zero-order valence-electron chi connectivity index (χ0n) is 19.7. The van der Waals surface area contributed by atoms with E-state index in [1.165, 1.54) is 11.3 Å². The van der Waals surface area contributed by atoms with Crippen LogP contribution in [0.2, 0.25) is 0 Å². The van der Waals surface area contributed by atoms with Gasteiger partial charge in [0.15, 0.2) is 5.13 Å². The summed E-state index contributed by atoms with van der Waals surface area (Å²) in [6.07, 6.45) is 13.2. The number of carbonyl (C=O) groups excluding carboxylic acids is 2. The maximum absolute atomic E-state index is 12.8. The third-order valence-corrected chi connectivity index (χ3v) is 7.15. The van der Waals surface area contributed by atoms with Gasteiger partial charge in [-0.3, -0.25) is 9.59 Å². The van der Waals surface area contributed by atoms with E-state index >= 15 is 0 Å². The fourth-order valence-corrected chi connectivity index (χ4v) is 4.96. The number of nitrogens with one attached hydrogen (secondary N) is 2. The minimum absolute atomic E-state index is 0.0234. The van der Waals surface area contributed by atoms with E-state index in [1.54, 1.807) is 17.1 Å². The summed E-state index contributed by atoms with van der Waals surface area (Å²) in [5.41, 5.74) is 5.23. The number of ether oxygens (including phenoxy) is 1. The van der Waals surface area contributed by atoms with Crippen LogP contribution in [-0.4, -0.2) is 78.5 Å². The molecule has 11 heteroatoms. The number of guanidine groups is 1. The number of anilines is 1. The molecule has 5 rings (SSSR count). The highest BCUT2D eigenvalue weighted by Gasteiger charge is 2.24. The van der Waals surface area contributed by atoms with Crippen molar-refractivity contribution in [2.24, 2.45) is 4.99 Å². The van der Waals surface area contributed by atoms with Crippen molar-refractivity contribution in [1.29, 1.82) is 0 Å². The quantitative estimate of drug-likeness (QED) is 0.575. The number of fused-ring (bicyclic) bond motifs is 2. The molecule has 1 saturated heterocycles. The average molecular weight is 525 g/mol. The SMILES string of the molecule is CN1C2=CC(C=C(C(=O)NCCC(=O)N3CCOCC3)C=C2)N=C1Nc1nc2c(s1)C=C=C(Cl)C=C2. The lowest BCUT2D eigenvalue weighted by atomic mass is 10.1. The molecular formula is C25H25ClN6O3S. The monoisotopic (exact) mass is 524 g/mol. The predicted octanol–water partition coefficient (Wildman–Crippen LogP) is 2.73. The first kappa shape index (κ1) is 24.3. The molecule has 9 nitrogen and oxygen atoms in total. The molecule has 0 radical (unpaired) electrons. The average Bonchev–Trinajstić information content (AvgIpc) is 3.05. The van der Waals surface area contributed by atoms with Crippen molar-refractivity contribution < 1.29 is 14.3 Å². The smallest absolute Gasteiger partial charge is 0.251 e. The van der Waals surface area contributed by atoms with Gasteiger partial charge in [0, 0.05) is 50.4 Å². The van der Waals surface area contributed by atoms with E-state index in [0.29, 0.717) is 48.0 Å². The number of morpholine rings is 1. The summed E-state index contributed by atoms with van der Waals surface area (Å²) < 4.78 is 5.28. The van der Waals surface area contributed by atoms with Crippen LogP contribution < -0.4 is 10.6 Å². The van der Waals surface area contributed by atoms with E-state index in [2.05, 4.69) is 21.3 Å². The number of aliphatic imine (C=N–C) groups is 1. The van der Waals surface area contributed by atoms with Crippen molar-refractivity contribution in [1.82, 2.24) is 20.1 Å². The van der Waals surface area contributed by atoms with Crippen LogP contribution in [0.1, 0.15) is 17.0 Å². The molecule has 36 heavy (non-hydrogen) atoms. The summed E-state index contributed by atoms with van der Waals surface area (Å²) in [7, 11) is 1.90. The first-order chi connectivity index (χ1) is 17.5. The van der Waals surface area contributed by atoms with E-state index in [-0.39, 0.29) is 30.8 Å². The molecule has 1 aromatic heterocycles. The van der Waals surface area contributed by atoms with Crippen LogP contribution in [0.25, 0.3) is 12.2 Å². The Bertz CT molecular complexity index is 1290. The molecule has 2 N–H and O–H groups in total. The normalized spacial score (nSPS) is 20.4. The highest BCUT2D eigenvalue weighted by atomic mass is 35.5. The molecule has 1 fully saturated rings. The number of hydrogen-bond donors (Lipinski definition) is 2. The van der Waals surface area contributed by atoms with Crippen LogP contribution in [0.15, 0.2) is 57.4 Å². The van der Waals surface area contributed by atoms with E-state index in [1.807, 2.05) is 42.3 Å². The van der Waals surface area contributed by atoms with E-state index in [9.17, 15) is 9.59 Å². The van der Waals surface area contributed by atoms with Gasteiger partial charge >= 0.3 is 0 Å². The number of likely N-dealkylation sites (N-methyl/N-ethyl adjacent to an activating group) is 1. The number of hydrogen-bond acceptors (Lipinski definition) is 8. The van der Waals surface area contributed by atoms with Crippen LogP contribution >= 0.6 is 22.9 Å². The second-order valence-electron chi connectivity index (χ2n) is 8.41. The van der Waals surface area contributed by atoms with Gasteiger partial charge in [-0.15, -0.1) is 0 Å². The van der Waals surface area contributed by atoms with Crippen molar-refractivity contribution in [3.63, 3.8) is 0 Å². The first-order valence-electron chi connectivity index (χ1n) is 11.6. The lowest BCUT2D eigenvalue weighted by Crippen LogP contribution is -2.42. The Morgan fingerprint density at radius 3 is 2.89 bits per heavy atom. The molecule has 4 aliphatic rings. The van der Waals surface area contributed by atoms with E-state index in [4.69, 9.17) is 21.3 Å². The summed E-state index contributed by atoms with van der Waals surface area (Å²) in [6, 6.07) is -0.316. The van der Waals surface area contributed by atoms with Gasteiger partial charge in [-0.05, 0) is 36.5 Å². The van der Waals surface area contributed by atoms with Gasteiger partial charge in [0.05, 0.1) is 34.9 Å². The third kappa shape index (κ3) is 5.52. The lowest BCUT2D eigenvalue weighted by Gasteiger charge is -2.27. The number of carbonyl (C=O) groups is 2. The zero-order valence-corrected chi connectivity index (χ0v) is 21.2. The number of allylic oxidation sites excluding steroid dienone is 3. The number of thiazole rings is 1. The minimum Gasteiger partial charge on any atom is -0.378 e. The van der Waals surface area contributed by atoms with Gasteiger partial charge in [0.1, 0.15) is 0 Å². The minimum atomic E-state index is -0.316. The van der Waals surface area contributed by atoms with Crippen LogP contribution in [0.3, 0.4) is 0 Å². The summed E-state index contributed by atoms with van der Waals surface area (Å²) in [5.74, 6) is 0.417. The molecule has 2 aliphatic carbocycles. The molecule has 1 atom stereocenters. The molecule has 0 saturated carbocycles. The van der Waals surface area contributed by atoms with Gasteiger partial charge < -0.3 is 25.2 Å². The molecule has 2 aliphatic heterocycles. The summed E-state index contributed by atoms with van der Waals surface area (Å²) >= 11 is 7.50. The van der Waals surface area contributed by atoms with Crippen LogP contribution in [0.5, 0.6) is 0 Å². The second kappa shape index (κ2) is 10.7. The topological polar surface area (TPSA) is 99.2 Å². The Morgan fingerprint density at radius 1 is 1.22 bits per heavy atom. The van der Waals surface area contributed by atoms with Crippen molar-refractivity contribution >= 4 is 58.0 Å². The molecule has 2 bridgehead atoms. The molecular weight excluding hydrogens is 500 g/mol. The fraction of sp³-hybridized carbons (Fsp3) is 0.320. The Morgan fingerprint density at radius 2 is 2.06 bits per heavy atom. The Balaban J connectivity index is 1.23. The van der Waals surface area contributed by atoms with Gasteiger partial charge in [-0.2, -0.15) is 0 Å². The summed E-state index contributed by atoms with van der Waals surface area (Å²) in [4.78, 5) is 39.1. The molecule has 1 aromatic rings. The highest BCUT2D eigenvalue weighted by molar-refractivity contribution is 7.16. The van der Waals surface area contributed by atoms with Crippen molar-refractivity contribution in [3.05, 3.63) is 63.0 Å². The molecule has 3 heterocycles. The standard InChI is InChI=1S/C25H25ClN6O3S/c1-31-19-5-2-16(23(34)27-9-8-22(33)32-10-12-35-13-11-32)14-18(15-19)28-24(31)30-25-29-20-6-3-17(26)4-7-21(20)36-25/h2-3,5-7,14-15,18H,8-13H2,1H3,(H,27,34)(H,28,29,30). The molecule has 186 valence electrons. The maximum atomic E-state index is 12.8. The lowest BCUT2D eigenvalue weighted by molar-refractivity contribution is -0.135. The van der Waals surface area contributed by atoms with E-state index < -0.39 is 0 Å². The molecule has 0 spiro atoms. The number of amides is 2. The second-order valence-corrected chi connectivity index (χ2v) is 9.85. The van der Waals surface area contributed by atoms with Crippen LogP contribution in [0, 0.1) is 0 Å². The molecule has 1 unspecified atom stereocenters. The maximum Gasteiger partial charge on any atom is 0.251 e.